The first kappa shape index (κ1) is 16.0. The average molecular weight is 293 g/mol. The number of nitrogens with two attached hydrogens (primary N) is 1. The van der Waals surface area contributed by atoms with E-state index in [4.69, 9.17) is 10.5 Å². The fourth-order valence-electron chi connectivity index (χ4n) is 3.49. The molecule has 4 heteroatoms. The van der Waals surface area contributed by atoms with Crippen molar-refractivity contribution in [2.75, 3.05) is 6.61 Å². The van der Waals surface area contributed by atoms with Crippen molar-refractivity contribution < 1.29 is 13.9 Å². The molecule has 0 spiro atoms. The van der Waals surface area contributed by atoms with E-state index in [1.54, 1.807) is 0 Å². The quantitative estimate of drug-likeness (QED) is 0.867. The number of carbonyl (C=O) groups is 1. The van der Waals surface area contributed by atoms with Crippen molar-refractivity contribution >= 4 is 5.97 Å². The third-order valence-corrected chi connectivity index (χ3v) is 4.41. The lowest BCUT2D eigenvalue weighted by atomic mass is 9.70. The minimum Gasteiger partial charge on any atom is -0.466 e. The van der Waals surface area contributed by atoms with Crippen LogP contribution in [0.5, 0.6) is 0 Å². The van der Waals surface area contributed by atoms with Gasteiger partial charge in [-0.1, -0.05) is 12.5 Å². The van der Waals surface area contributed by atoms with Crippen molar-refractivity contribution in [2.24, 2.45) is 11.7 Å². The molecule has 1 fully saturated rings. The molecular formula is C17H24FNO2. The third-order valence-electron chi connectivity index (χ3n) is 4.41. The summed E-state index contributed by atoms with van der Waals surface area (Å²) < 4.78 is 18.4. The fraction of sp³-hybridized carbons (Fsp3) is 0.588. The molecule has 2 N–H and O–H groups in total. The molecule has 3 atom stereocenters. The molecule has 1 aromatic rings. The van der Waals surface area contributed by atoms with Crippen molar-refractivity contribution in [2.45, 2.75) is 51.5 Å². The number of rotatable bonds is 4. The summed E-state index contributed by atoms with van der Waals surface area (Å²) in [4.78, 5) is 11.8. The fourth-order valence-corrected chi connectivity index (χ4v) is 3.49. The molecule has 1 aromatic carbocycles. The van der Waals surface area contributed by atoms with E-state index in [1.807, 2.05) is 19.9 Å². The monoisotopic (exact) mass is 293 g/mol. The minimum atomic E-state index is -0.234. The first-order chi connectivity index (χ1) is 10.0. The van der Waals surface area contributed by atoms with E-state index in [2.05, 4.69) is 0 Å². The summed E-state index contributed by atoms with van der Waals surface area (Å²) in [7, 11) is 0. The Bertz CT molecular complexity index is 504. The van der Waals surface area contributed by atoms with E-state index in [-0.39, 0.29) is 29.7 Å². The molecule has 1 saturated carbocycles. The summed E-state index contributed by atoms with van der Waals surface area (Å²) in [5.74, 6) is -0.121. The van der Waals surface area contributed by atoms with Gasteiger partial charge in [-0.25, -0.2) is 4.39 Å². The van der Waals surface area contributed by atoms with Gasteiger partial charge in [0.25, 0.3) is 0 Å². The van der Waals surface area contributed by atoms with Crippen molar-refractivity contribution in [3.05, 3.63) is 35.1 Å². The Morgan fingerprint density at radius 1 is 1.43 bits per heavy atom. The Hall–Kier alpha value is -1.42. The second-order valence-corrected chi connectivity index (χ2v) is 5.89. The van der Waals surface area contributed by atoms with Crippen LogP contribution in [0.3, 0.4) is 0 Å². The summed E-state index contributed by atoms with van der Waals surface area (Å²) in [6, 6.07) is 4.85. The molecule has 1 aliphatic rings. The summed E-state index contributed by atoms with van der Waals surface area (Å²) in [5.41, 5.74) is 8.29. The lowest BCUT2D eigenvalue weighted by Gasteiger charge is -2.37. The van der Waals surface area contributed by atoms with Crippen LogP contribution in [0.25, 0.3) is 0 Å². The second kappa shape index (κ2) is 7.03. The normalized spacial score (nSPS) is 25.6. The van der Waals surface area contributed by atoms with E-state index >= 15 is 0 Å². The highest BCUT2D eigenvalue weighted by Crippen LogP contribution is 2.40. The molecule has 0 saturated heterocycles. The molecule has 0 aliphatic heterocycles. The van der Waals surface area contributed by atoms with Crippen LogP contribution in [0.15, 0.2) is 18.2 Å². The van der Waals surface area contributed by atoms with Gasteiger partial charge < -0.3 is 10.5 Å². The van der Waals surface area contributed by atoms with Crippen molar-refractivity contribution in [1.29, 1.82) is 0 Å². The van der Waals surface area contributed by atoms with Gasteiger partial charge in [-0.2, -0.15) is 0 Å². The predicted octanol–water partition coefficient (Wildman–Crippen LogP) is 3.30. The maximum absolute atomic E-state index is 13.3. The molecule has 0 amide bonds. The first-order valence-corrected chi connectivity index (χ1v) is 7.70. The Morgan fingerprint density at radius 3 is 2.86 bits per heavy atom. The number of halogens is 1. The zero-order chi connectivity index (χ0) is 15.4. The highest BCUT2D eigenvalue weighted by atomic mass is 19.1. The molecular weight excluding hydrogens is 269 g/mol. The van der Waals surface area contributed by atoms with E-state index in [1.165, 1.54) is 12.1 Å². The van der Waals surface area contributed by atoms with Crippen molar-refractivity contribution in [1.82, 2.24) is 0 Å². The van der Waals surface area contributed by atoms with Crippen LogP contribution in [-0.2, 0) is 9.53 Å². The second-order valence-electron chi connectivity index (χ2n) is 5.89. The number of hydrogen-bond donors (Lipinski definition) is 1. The van der Waals surface area contributed by atoms with E-state index in [9.17, 15) is 9.18 Å². The van der Waals surface area contributed by atoms with Crippen molar-refractivity contribution in [3.63, 3.8) is 0 Å². The standard InChI is InChI=1S/C17H24FNO2/c1-3-21-16(20)10-12-5-4-6-15(19)17(12)14-8-7-13(18)9-11(14)2/h7-9,12,15,17H,3-6,10,19H2,1-2H3. The Kier molecular flexibility index (Phi) is 5.34. The van der Waals surface area contributed by atoms with Crippen molar-refractivity contribution in [3.8, 4) is 0 Å². The summed E-state index contributed by atoms with van der Waals surface area (Å²) >= 11 is 0. The molecule has 116 valence electrons. The Morgan fingerprint density at radius 2 is 2.19 bits per heavy atom. The average Bonchev–Trinajstić information content (AvgIpc) is 2.41. The molecule has 0 aromatic heterocycles. The lowest BCUT2D eigenvalue weighted by Crippen LogP contribution is -2.38. The number of hydrogen-bond acceptors (Lipinski definition) is 3. The number of aryl methyl sites for hydroxylation is 1. The zero-order valence-corrected chi connectivity index (χ0v) is 12.8. The van der Waals surface area contributed by atoms with Crippen LogP contribution >= 0.6 is 0 Å². The van der Waals surface area contributed by atoms with Crippen LogP contribution in [0.2, 0.25) is 0 Å². The topological polar surface area (TPSA) is 52.3 Å². The molecule has 2 rings (SSSR count). The largest absolute Gasteiger partial charge is 0.466 e. The van der Waals surface area contributed by atoms with Gasteiger partial charge in [0.1, 0.15) is 5.82 Å². The Balaban J connectivity index is 2.24. The van der Waals surface area contributed by atoms with Crippen LogP contribution < -0.4 is 5.73 Å². The summed E-state index contributed by atoms with van der Waals surface area (Å²) in [6.07, 6.45) is 3.33. The van der Waals surface area contributed by atoms with Gasteiger partial charge >= 0.3 is 5.97 Å². The number of benzene rings is 1. The van der Waals surface area contributed by atoms with Gasteiger partial charge in [0.2, 0.25) is 0 Å². The summed E-state index contributed by atoms with van der Waals surface area (Å²) in [5, 5.41) is 0. The third kappa shape index (κ3) is 3.82. The minimum absolute atomic E-state index is 0.0161. The van der Waals surface area contributed by atoms with Crippen LogP contribution in [-0.4, -0.2) is 18.6 Å². The van der Waals surface area contributed by atoms with Gasteiger partial charge in [0.05, 0.1) is 6.61 Å². The van der Waals surface area contributed by atoms with Gasteiger partial charge in [0.15, 0.2) is 0 Å². The molecule has 21 heavy (non-hydrogen) atoms. The Labute approximate surface area is 125 Å². The SMILES string of the molecule is CCOC(=O)CC1CCCC(N)C1c1ccc(F)cc1C. The summed E-state index contributed by atoms with van der Waals surface area (Å²) in [6.45, 7) is 4.12. The number of esters is 1. The van der Waals surface area contributed by atoms with E-state index in [0.29, 0.717) is 13.0 Å². The molecule has 3 unspecified atom stereocenters. The van der Waals surface area contributed by atoms with Crippen LogP contribution in [0, 0.1) is 18.7 Å². The zero-order valence-electron chi connectivity index (χ0n) is 12.8. The maximum Gasteiger partial charge on any atom is 0.306 e. The predicted molar refractivity (Wildman–Crippen MR) is 80.4 cm³/mol. The highest BCUT2D eigenvalue weighted by molar-refractivity contribution is 5.69. The molecule has 0 bridgehead atoms. The van der Waals surface area contributed by atoms with E-state index in [0.717, 1.165) is 30.4 Å². The van der Waals surface area contributed by atoms with E-state index < -0.39 is 0 Å². The van der Waals surface area contributed by atoms with Crippen LogP contribution in [0.4, 0.5) is 4.39 Å². The molecule has 1 aliphatic carbocycles. The van der Waals surface area contributed by atoms with Gasteiger partial charge in [-0.3, -0.25) is 4.79 Å². The maximum atomic E-state index is 13.3. The smallest absolute Gasteiger partial charge is 0.306 e. The highest BCUT2D eigenvalue weighted by Gasteiger charge is 2.34. The molecule has 0 heterocycles. The van der Waals surface area contributed by atoms with Gasteiger partial charge in [-0.15, -0.1) is 0 Å². The number of ether oxygens (including phenoxy) is 1. The molecule has 3 nitrogen and oxygen atoms in total. The first-order valence-electron chi connectivity index (χ1n) is 7.70. The van der Waals surface area contributed by atoms with Gasteiger partial charge in [-0.05, 0) is 55.9 Å². The molecule has 0 radical (unpaired) electrons. The number of carbonyl (C=O) groups excluding carboxylic acids is 1. The lowest BCUT2D eigenvalue weighted by molar-refractivity contribution is -0.144. The van der Waals surface area contributed by atoms with Crippen LogP contribution in [0.1, 0.15) is 49.7 Å². The van der Waals surface area contributed by atoms with Gasteiger partial charge in [0, 0.05) is 18.4 Å².